The predicted octanol–water partition coefficient (Wildman–Crippen LogP) is 6.55. The molecule has 1 fully saturated rings. The normalized spacial score (nSPS) is 18.3. The molecule has 0 bridgehead atoms. The smallest absolute Gasteiger partial charge is 0.331 e. The van der Waals surface area contributed by atoms with Crippen molar-refractivity contribution in [3.05, 3.63) is 101 Å². The number of amides is 2. The van der Waals surface area contributed by atoms with Gasteiger partial charge in [-0.2, -0.15) is 13.2 Å². The summed E-state index contributed by atoms with van der Waals surface area (Å²) in [5.41, 5.74) is 2.40. The van der Waals surface area contributed by atoms with Crippen LogP contribution in [-0.2, 0) is 11.0 Å². The first-order chi connectivity index (χ1) is 16.7. The highest BCUT2D eigenvalue weighted by atomic mass is 19.4. The number of benzene rings is 3. The highest BCUT2D eigenvalue weighted by Gasteiger charge is 2.40. The Bertz CT molecular complexity index is 1200. The number of likely N-dealkylation sites (tertiary alicyclic amines) is 1. The van der Waals surface area contributed by atoms with Gasteiger partial charge >= 0.3 is 6.18 Å². The number of nitrogens with one attached hydrogen (secondary N) is 1. The summed E-state index contributed by atoms with van der Waals surface area (Å²) in [5.74, 6) is -1.17. The molecule has 4 nitrogen and oxygen atoms in total. The molecule has 1 aliphatic heterocycles. The fourth-order valence-corrected chi connectivity index (χ4v) is 4.86. The van der Waals surface area contributed by atoms with Crippen molar-refractivity contribution >= 4 is 17.5 Å². The van der Waals surface area contributed by atoms with E-state index in [1.54, 1.807) is 4.90 Å². The summed E-state index contributed by atoms with van der Waals surface area (Å²) in [6, 6.07) is 19.1. The number of anilines is 1. The molecule has 7 heteroatoms. The van der Waals surface area contributed by atoms with Gasteiger partial charge in [0.25, 0.3) is 5.91 Å². The largest absolute Gasteiger partial charge is 0.416 e. The van der Waals surface area contributed by atoms with E-state index in [2.05, 4.69) is 5.32 Å². The molecular formula is C28H27F3N2O2. The summed E-state index contributed by atoms with van der Waals surface area (Å²) in [5, 5.41) is 2.67. The molecule has 0 radical (unpaired) electrons. The zero-order chi connectivity index (χ0) is 25.2. The van der Waals surface area contributed by atoms with Gasteiger partial charge in [0.15, 0.2) is 0 Å². The lowest BCUT2D eigenvalue weighted by atomic mass is 9.83. The third-order valence-electron chi connectivity index (χ3n) is 6.52. The van der Waals surface area contributed by atoms with Gasteiger partial charge in [-0.05, 0) is 61.6 Å². The van der Waals surface area contributed by atoms with E-state index in [4.69, 9.17) is 0 Å². The monoisotopic (exact) mass is 480 g/mol. The second-order valence-electron chi connectivity index (χ2n) is 8.94. The third-order valence-corrected chi connectivity index (χ3v) is 6.52. The van der Waals surface area contributed by atoms with E-state index >= 15 is 0 Å². The average Bonchev–Trinajstić information content (AvgIpc) is 2.83. The zero-order valence-electron chi connectivity index (χ0n) is 19.6. The van der Waals surface area contributed by atoms with E-state index in [-0.39, 0.29) is 11.6 Å². The van der Waals surface area contributed by atoms with Crippen LogP contribution in [-0.4, -0.2) is 23.3 Å². The Labute approximate surface area is 202 Å². The first kappa shape index (κ1) is 24.5. The summed E-state index contributed by atoms with van der Waals surface area (Å²) in [7, 11) is 0. The topological polar surface area (TPSA) is 49.4 Å². The van der Waals surface area contributed by atoms with Gasteiger partial charge in [-0.15, -0.1) is 0 Å². The van der Waals surface area contributed by atoms with Crippen molar-refractivity contribution < 1.29 is 22.8 Å². The van der Waals surface area contributed by atoms with Crippen LogP contribution in [0.15, 0.2) is 72.8 Å². The van der Waals surface area contributed by atoms with E-state index < -0.39 is 29.6 Å². The minimum atomic E-state index is -4.51. The number of carbonyl (C=O) groups is 2. The number of hydrogen-bond acceptors (Lipinski definition) is 2. The van der Waals surface area contributed by atoms with Gasteiger partial charge in [-0.1, -0.05) is 54.6 Å². The third kappa shape index (κ3) is 5.24. The minimum absolute atomic E-state index is 0.0786. The van der Waals surface area contributed by atoms with E-state index in [1.165, 1.54) is 12.1 Å². The van der Waals surface area contributed by atoms with Gasteiger partial charge in [0.05, 0.1) is 17.5 Å². The van der Waals surface area contributed by atoms with Crippen LogP contribution in [0, 0.1) is 19.8 Å². The maximum absolute atomic E-state index is 13.8. The Balaban J connectivity index is 1.68. The molecule has 1 saturated heterocycles. The maximum Gasteiger partial charge on any atom is 0.416 e. The number of nitrogens with zero attached hydrogens (tertiary/aromatic N) is 1. The van der Waals surface area contributed by atoms with Gasteiger partial charge in [0.1, 0.15) is 0 Å². The molecule has 1 aliphatic rings. The Hall–Kier alpha value is -3.61. The Morgan fingerprint density at radius 1 is 0.914 bits per heavy atom. The fourth-order valence-electron chi connectivity index (χ4n) is 4.86. The summed E-state index contributed by atoms with van der Waals surface area (Å²) in [6.45, 7) is 4.26. The second-order valence-corrected chi connectivity index (χ2v) is 8.94. The molecule has 3 aromatic rings. The van der Waals surface area contributed by atoms with Crippen LogP contribution in [0.5, 0.6) is 0 Å². The number of rotatable bonds is 4. The number of hydrogen-bond donors (Lipinski definition) is 1. The van der Waals surface area contributed by atoms with Crippen LogP contribution in [0.4, 0.5) is 18.9 Å². The lowest BCUT2D eigenvalue weighted by Gasteiger charge is -2.41. The minimum Gasteiger partial charge on any atom is -0.331 e. The molecule has 1 heterocycles. The average molecular weight is 481 g/mol. The van der Waals surface area contributed by atoms with Crippen molar-refractivity contribution in [3.63, 3.8) is 0 Å². The van der Waals surface area contributed by atoms with Gasteiger partial charge < -0.3 is 10.2 Å². The SMILES string of the molecule is Cc1cccc(C)c1C(=O)N1CCCC(C(=O)Nc2cccc(C(F)(F)F)c2)[C@@H]1c1ccccc1. The number of carbonyl (C=O) groups excluding carboxylic acids is 2. The number of aryl methyl sites for hydroxylation is 2. The van der Waals surface area contributed by atoms with Crippen LogP contribution in [0.3, 0.4) is 0 Å². The first-order valence-corrected chi connectivity index (χ1v) is 11.6. The molecule has 1 unspecified atom stereocenters. The van der Waals surface area contributed by atoms with Gasteiger partial charge in [0, 0.05) is 17.8 Å². The van der Waals surface area contributed by atoms with Crippen molar-refractivity contribution in [2.24, 2.45) is 5.92 Å². The van der Waals surface area contributed by atoms with Crippen LogP contribution in [0.2, 0.25) is 0 Å². The first-order valence-electron chi connectivity index (χ1n) is 11.6. The molecule has 35 heavy (non-hydrogen) atoms. The summed E-state index contributed by atoms with van der Waals surface area (Å²) < 4.78 is 39.5. The lowest BCUT2D eigenvalue weighted by molar-refractivity contribution is -0.137. The maximum atomic E-state index is 13.8. The van der Waals surface area contributed by atoms with Crippen molar-refractivity contribution in [1.82, 2.24) is 4.90 Å². The predicted molar refractivity (Wildman–Crippen MR) is 129 cm³/mol. The Morgan fingerprint density at radius 2 is 1.57 bits per heavy atom. The molecule has 2 amide bonds. The van der Waals surface area contributed by atoms with E-state index in [0.717, 1.165) is 28.8 Å². The number of piperidine rings is 1. The molecule has 1 N–H and O–H groups in total. The zero-order valence-corrected chi connectivity index (χ0v) is 19.6. The lowest BCUT2D eigenvalue weighted by Crippen LogP contribution is -2.46. The number of alkyl halides is 3. The molecule has 0 aliphatic carbocycles. The molecule has 3 aromatic carbocycles. The Kier molecular flexibility index (Phi) is 6.96. The molecule has 4 rings (SSSR count). The van der Waals surface area contributed by atoms with E-state index in [1.807, 2.05) is 62.4 Å². The number of halogens is 3. The van der Waals surface area contributed by atoms with Crippen LogP contribution >= 0.6 is 0 Å². The molecule has 182 valence electrons. The summed E-state index contributed by atoms with van der Waals surface area (Å²) >= 11 is 0. The molecule has 2 atom stereocenters. The van der Waals surface area contributed by atoms with E-state index in [0.29, 0.717) is 24.9 Å². The van der Waals surface area contributed by atoms with Crippen LogP contribution < -0.4 is 5.32 Å². The molecule has 0 aromatic heterocycles. The van der Waals surface area contributed by atoms with Crippen molar-refractivity contribution in [3.8, 4) is 0 Å². The molecular weight excluding hydrogens is 453 g/mol. The quantitative estimate of drug-likeness (QED) is 0.460. The van der Waals surface area contributed by atoms with Crippen molar-refractivity contribution in [1.29, 1.82) is 0 Å². The van der Waals surface area contributed by atoms with Crippen molar-refractivity contribution in [2.45, 2.75) is 38.9 Å². The Morgan fingerprint density at radius 3 is 2.23 bits per heavy atom. The van der Waals surface area contributed by atoms with Crippen LogP contribution in [0.1, 0.15) is 51.5 Å². The standard InChI is InChI=1S/C28H27F3N2O2/c1-18-9-6-10-19(2)24(18)27(35)33-16-8-15-23(25(33)20-11-4-3-5-12-20)26(34)32-22-14-7-13-21(17-22)28(29,30)31/h3-7,9-14,17,23,25H,8,15-16H2,1-2H3,(H,32,34)/t23?,25-/m0/s1. The van der Waals surface area contributed by atoms with E-state index in [9.17, 15) is 22.8 Å². The van der Waals surface area contributed by atoms with Gasteiger partial charge in [-0.3, -0.25) is 9.59 Å². The molecule has 0 spiro atoms. The fraction of sp³-hybridized carbons (Fsp3) is 0.286. The van der Waals surface area contributed by atoms with Gasteiger partial charge in [0.2, 0.25) is 5.91 Å². The summed E-state index contributed by atoms with van der Waals surface area (Å²) in [4.78, 5) is 28.9. The van der Waals surface area contributed by atoms with Gasteiger partial charge in [-0.25, -0.2) is 0 Å². The summed E-state index contributed by atoms with van der Waals surface area (Å²) in [6.07, 6.45) is -3.38. The van der Waals surface area contributed by atoms with Crippen molar-refractivity contribution in [2.75, 3.05) is 11.9 Å². The highest BCUT2D eigenvalue weighted by molar-refractivity contribution is 5.99. The molecule has 0 saturated carbocycles. The highest BCUT2D eigenvalue weighted by Crippen LogP contribution is 2.39. The van der Waals surface area contributed by atoms with Crippen LogP contribution in [0.25, 0.3) is 0 Å². The second kappa shape index (κ2) is 9.94.